The molecule has 9 heteroatoms. The fourth-order valence-electron chi connectivity index (χ4n) is 2.23. The number of aromatic nitrogens is 2. The van der Waals surface area contributed by atoms with Crippen molar-refractivity contribution in [3.05, 3.63) is 61.7 Å². The topological polar surface area (TPSA) is 66.9 Å². The third-order valence-electron chi connectivity index (χ3n) is 3.36. The van der Waals surface area contributed by atoms with Crippen LogP contribution < -0.4 is 11.0 Å². The first kappa shape index (κ1) is 17.8. The number of nitrogens with zero attached hydrogens (tertiary/aromatic N) is 1. The third kappa shape index (κ3) is 4.17. The minimum Gasteiger partial charge on any atom is -0.322 e. The fourth-order valence-corrected chi connectivity index (χ4v) is 4.21. The molecule has 25 heavy (non-hydrogen) atoms. The highest BCUT2D eigenvalue weighted by Gasteiger charge is 2.11. The maximum atomic E-state index is 12.9. The lowest BCUT2D eigenvalue weighted by atomic mass is 10.2. The number of carbonyl (C=O) groups is 1. The van der Waals surface area contributed by atoms with E-state index in [0.29, 0.717) is 16.0 Å². The van der Waals surface area contributed by atoms with Crippen molar-refractivity contribution < 1.29 is 9.18 Å². The zero-order valence-corrected chi connectivity index (χ0v) is 15.6. The smallest absolute Gasteiger partial charge is 0.282 e. The van der Waals surface area contributed by atoms with Crippen LogP contribution in [0.4, 0.5) is 4.39 Å². The van der Waals surface area contributed by atoms with Gasteiger partial charge in [-0.2, -0.15) is 4.68 Å². The number of thiophene rings is 1. The van der Waals surface area contributed by atoms with E-state index in [-0.39, 0.29) is 27.8 Å². The number of carbonyl (C=O) groups excluding carboxylic acids is 1. The number of hydrogen-bond donors (Lipinski definition) is 2. The molecule has 1 aromatic carbocycles. The van der Waals surface area contributed by atoms with Crippen LogP contribution in [0, 0.1) is 17.5 Å². The number of halogens is 1. The third-order valence-corrected chi connectivity index (χ3v) is 5.62. The Kier molecular flexibility index (Phi) is 5.36. The van der Waals surface area contributed by atoms with Gasteiger partial charge in [-0.05, 0) is 42.9 Å². The molecule has 0 aliphatic carbocycles. The molecule has 0 radical (unpaired) electrons. The minimum absolute atomic E-state index is 0.149. The molecule has 0 unspecified atom stereocenters. The molecule has 0 saturated heterocycles. The van der Waals surface area contributed by atoms with Gasteiger partial charge in [0, 0.05) is 10.6 Å². The SMILES string of the molecule is Cc1cc2c(=O)n(NC(=O)CSCc3ccc(F)cc3)c(=S)[nH]c2s1. The van der Waals surface area contributed by atoms with Crippen LogP contribution in [0.25, 0.3) is 10.2 Å². The summed E-state index contributed by atoms with van der Waals surface area (Å²) in [6, 6.07) is 7.88. The lowest BCUT2D eigenvalue weighted by Crippen LogP contribution is -2.35. The molecule has 0 saturated carbocycles. The Morgan fingerprint density at radius 3 is 2.84 bits per heavy atom. The summed E-state index contributed by atoms with van der Waals surface area (Å²) in [6.45, 7) is 1.90. The highest BCUT2D eigenvalue weighted by molar-refractivity contribution is 7.99. The Morgan fingerprint density at radius 1 is 1.40 bits per heavy atom. The lowest BCUT2D eigenvalue weighted by molar-refractivity contribution is -0.114. The van der Waals surface area contributed by atoms with E-state index in [1.165, 1.54) is 35.2 Å². The summed E-state index contributed by atoms with van der Waals surface area (Å²) in [6.07, 6.45) is 0. The van der Waals surface area contributed by atoms with Crippen LogP contribution in [-0.2, 0) is 10.5 Å². The molecule has 1 amide bonds. The van der Waals surface area contributed by atoms with Gasteiger partial charge >= 0.3 is 0 Å². The van der Waals surface area contributed by atoms with Crippen molar-refractivity contribution in [1.82, 2.24) is 9.66 Å². The van der Waals surface area contributed by atoms with E-state index >= 15 is 0 Å². The van der Waals surface area contributed by atoms with E-state index in [0.717, 1.165) is 15.1 Å². The second-order valence-corrected chi connectivity index (χ2v) is 7.95. The van der Waals surface area contributed by atoms with Crippen LogP contribution in [0.2, 0.25) is 0 Å². The number of thioether (sulfide) groups is 1. The standard InChI is InChI=1S/C16H14FN3O2S3/c1-9-6-12-14(25-9)18-16(23)20(15(12)22)19-13(21)8-24-7-10-2-4-11(17)5-3-10/h2-6H,7-8H2,1H3,(H,18,23)(H,19,21). The highest BCUT2D eigenvalue weighted by Crippen LogP contribution is 2.19. The highest BCUT2D eigenvalue weighted by atomic mass is 32.2. The van der Waals surface area contributed by atoms with Gasteiger partial charge in [0.1, 0.15) is 10.6 Å². The first-order chi connectivity index (χ1) is 11.9. The van der Waals surface area contributed by atoms with E-state index in [1.807, 2.05) is 6.92 Å². The fraction of sp³-hybridized carbons (Fsp3) is 0.188. The normalized spacial score (nSPS) is 11.0. The van der Waals surface area contributed by atoms with Crippen LogP contribution in [0.1, 0.15) is 10.4 Å². The van der Waals surface area contributed by atoms with Crippen molar-refractivity contribution in [3.63, 3.8) is 0 Å². The molecule has 0 aliphatic heterocycles. The van der Waals surface area contributed by atoms with Gasteiger partial charge in [0.25, 0.3) is 5.56 Å². The predicted octanol–water partition coefficient (Wildman–Crippen LogP) is 3.57. The van der Waals surface area contributed by atoms with Gasteiger partial charge in [0.05, 0.1) is 11.1 Å². The second-order valence-electron chi connectivity index (χ2n) is 5.32. The van der Waals surface area contributed by atoms with Crippen LogP contribution in [-0.4, -0.2) is 21.3 Å². The zero-order chi connectivity index (χ0) is 18.0. The number of benzene rings is 1. The van der Waals surface area contributed by atoms with Gasteiger partial charge in [-0.15, -0.1) is 23.1 Å². The summed E-state index contributed by atoms with van der Waals surface area (Å²) in [5.41, 5.74) is 3.10. The summed E-state index contributed by atoms with van der Waals surface area (Å²) >= 11 is 7.96. The molecular weight excluding hydrogens is 381 g/mol. The quantitative estimate of drug-likeness (QED) is 0.648. The Hall–Kier alpha value is -1.97. The van der Waals surface area contributed by atoms with Crippen molar-refractivity contribution in [2.24, 2.45) is 0 Å². The van der Waals surface area contributed by atoms with E-state index in [9.17, 15) is 14.0 Å². The molecule has 0 spiro atoms. The number of hydrogen-bond acceptors (Lipinski definition) is 5. The van der Waals surface area contributed by atoms with E-state index < -0.39 is 0 Å². The number of rotatable bonds is 5. The molecule has 130 valence electrons. The number of aromatic amines is 1. The van der Waals surface area contributed by atoms with E-state index in [1.54, 1.807) is 18.2 Å². The molecule has 0 aliphatic rings. The van der Waals surface area contributed by atoms with Crippen molar-refractivity contribution >= 4 is 51.4 Å². The summed E-state index contributed by atoms with van der Waals surface area (Å²) in [4.78, 5) is 29.2. The van der Waals surface area contributed by atoms with Crippen LogP contribution in [0.5, 0.6) is 0 Å². The molecule has 3 aromatic rings. The first-order valence-corrected chi connectivity index (χ1v) is 9.69. The summed E-state index contributed by atoms with van der Waals surface area (Å²) in [5, 5.41) is 0.496. The molecule has 0 atom stereocenters. The van der Waals surface area contributed by atoms with Crippen LogP contribution in [0.3, 0.4) is 0 Å². The molecule has 2 heterocycles. The monoisotopic (exact) mass is 395 g/mol. The van der Waals surface area contributed by atoms with Crippen molar-refractivity contribution in [3.8, 4) is 0 Å². The van der Waals surface area contributed by atoms with Gasteiger partial charge in [-0.25, -0.2) is 4.39 Å². The van der Waals surface area contributed by atoms with Crippen LogP contribution >= 0.6 is 35.3 Å². The molecule has 3 rings (SSSR count). The number of amides is 1. The Labute approximate surface area is 155 Å². The van der Waals surface area contributed by atoms with Gasteiger partial charge in [0.15, 0.2) is 0 Å². The molecule has 0 fully saturated rings. The Balaban J connectivity index is 1.66. The summed E-state index contributed by atoms with van der Waals surface area (Å²) in [5.74, 6) is 0.0940. The molecule has 0 bridgehead atoms. The maximum absolute atomic E-state index is 12.9. The first-order valence-electron chi connectivity index (χ1n) is 7.31. The average molecular weight is 396 g/mol. The number of nitrogens with one attached hydrogen (secondary N) is 2. The molecule has 2 aromatic heterocycles. The van der Waals surface area contributed by atoms with E-state index in [4.69, 9.17) is 12.2 Å². The Bertz CT molecular complexity index is 1040. The molecule has 2 N–H and O–H groups in total. The van der Waals surface area contributed by atoms with Crippen molar-refractivity contribution in [2.45, 2.75) is 12.7 Å². The van der Waals surface area contributed by atoms with Crippen LogP contribution in [0.15, 0.2) is 35.1 Å². The summed E-state index contributed by atoms with van der Waals surface area (Å²) in [7, 11) is 0. The number of aryl methyl sites for hydroxylation is 1. The largest absolute Gasteiger partial charge is 0.322 e. The lowest BCUT2D eigenvalue weighted by Gasteiger charge is -2.08. The maximum Gasteiger partial charge on any atom is 0.282 e. The Morgan fingerprint density at radius 2 is 2.12 bits per heavy atom. The summed E-state index contributed by atoms with van der Waals surface area (Å²) < 4.78 is 14.1. The molecular formula is C16H14FN3O2S3. The predicted molar refractivity (Wildman–Crippen MR) is 103 cm³/mol. The minimum atomic E-state index is -0.347. The van der Waals surface area contributed by atoms with E-state index in [2.05, 4.69) is 10.4 Å². The van der Waals surface area contributed by atoms with Gasteiger partial charge in [-0.1, -0.05) is 12.1 Å². The average Bonchev–Trinajstić information content (AvgIpc) is 2.94. The van der Waals surface area contributed by atoms with Gasteiger partial charge < -0.3 is 4.98 Å². The van der Waals surface area contributed by atoms with Gasteiger partial charge in [-0.3, -0.25) is 15.0 Å². The van der Waals surface area contributed by atoms with Crippen molar-refractivity contribution in [1.29, 1.82) is 0 Å². The number of H-pyrrole nitrogens is 1. The number of fused-ring (bicyclic) bond motifs is 1. The van der Waals surface area contributed by atoms with Gasteiger partial charge in [0.2, 0.25) is 10.7 Å². The zero-order valence-electron chi connectivity index (χ0n) is 13.2. The molecule has 5 nitrogen and oxygen atoms in total. The second kappa shape index (κ2) is 7.51. The van der Waals surface area contributed by atoms with Crippen molar-refractivity contribution in [2.75, 3.05) is 11.2 Å².